The molecule has 1 aromatic heterocycles. The summed E-state index contributed by atoms with van der Waals surface area (Å²) in [7, 11) is 0. The number of hydrogen-bond acceptors (Lipinski definition) is 2. The van der Waals surface area contributed by atoms with Crippen molar-refractivity contribution in [2.24, 2.45) is 0 Å². The van der Waals surface area contributed by atoms with Gasteiger partial charge in [0.05, 0.1) is 6.20 Å². The molecule has 0 aliphatic carbocycles. The average molecular weight is 195 g/mol. The zero-order chi connectivity index (χ0) is 10.7. The van der Waals surface area contributed by atoms with Crippen LogP contribution >= 0.6 is 0 Å². The van der Waals surface area contributed by atoms with E-state index in [0.29, 0.717) is 12.1 Å². The van der Waals surface area contributed by atoms with Crippen LogP contribution in [0.25, 0.3) is 0 Å². The van der Waals surface area contributed by atoms with Gasteiger partial charge in [0.25, 0.3) is 0 Å². The minimum absolute atomic E-state index is 0.396. The molecule has 0 aliphatic rings. The van der Waals surface area contributed by atoms with E-state index in [1.54, 1.807) is 0 Å². The maximum absolute atomic E-state index is 4.40. The molecule has 1 N–H and O–H groups in total. The Morgan fingerprint density at radius 1 is 1.43 bits per heavy atom. The molecule has 0 saturated heterocycles. The molecular weight excluding hydrogens is 174 g/mol. The highest BCUT2D eigenvalue weighted by Crippen LogP contribution is 2.19. The normalized spacial score (nSPS) is 13.6. The third-order valence-corrected chi connectivity index (χ3v) is 2.55. The zero-order valence-corrected chi connectivity index (χ0v) is 9.83. The molecule has 3 heteroatoms. The summed E-state index contributed by atoms with van der Waals surface area (Å²) in [6.07, 6.45) is 1.97. The highest BCUT2D eigenvalue weighted by atomic mass is 15.3. The summed E-state index contributed by atoms with van der Waals surface area (Å²) in [6, 6.07) is 0.838. The molecular formula is C11H21N3. The summed E-state index contributed by atoms with van der Waals surface area (Å²) in [5.74, 6) is 0. The molecule has 1 aromatic rings. The Labute approximate surface area is 86.5 Å². The molecule has 0 saturated carbocycles. The Morgan fingerprint density at radius 3 is 2.50 bits per heavy atom. The highest BCUT2D eigenvalue weighted by molar-refractivity contribution is 5.20. The van der Waals surface area contributed by atoms with Crippen LogP contribution in [0, 0.1) is 6.92 Å². The Bertz CT molecular complexity index is 289. The summed E-state index contributed by atoms with van der Waals surface area (Å²) in [4.78, 5) is 0. The molecule has 1 atom stereocenters. The second-order valence-electron chi connectivity index (χ2n) is 4.00. The predicted molar refractivity (Wildman–Crippen MR) is 59.4 cm³/mol. The van der Waals surface area contributed by atoms with Crippen LogP contribution < -0.4 is 5.32 Å². The zero-order valence-electron chi connectivity index (χ0n) is 9.83. The van der Waals surface area contributed by atoms with E-state index in [9.17, 15) is 0 Å². The minimum Gasteiger partial charge on any atom is -0.310 e. The van der Waals surface area contributed by atoms with Gasteiger partial charge in [-0.25, -0.2) is 0 Å². The first-order valence-electron chi connectivity index (χ1n) is 5.35. The van der Waals surface area contributed by atoms with Gasteiger partial charge in [0, 0.05) is 23.3 Å². The van der Waals surface area contributed by atoms with E-state index in [4.69, 9.17) is 0 Å². The predicted octanol–water partition coefficient (Wildman–Crippen LogP) is 2.44. The lowest BCUT2D eigenvalue weighted by Crippen LogP contribution is -2.18. The van der Waals surface area contributed by atoms with Crippen LogP contribution in [-0.2, 0) is 0 Å². The largest absolute Gasteiger partial charge is 0.310 e. The Hall–Kier alpha value is -0.830. The van der Waals surface area contributed by atoms with Gasteiger partial charge in [-0.15, -0.1) is 0 Å². The van der Waals surface area contributed by atoms with Crippen molar-refractivity contribution in [2.75, 3.05) is 6.54 Å². The van der Waals surface area contributed by atoms with Gasteiger partial charge in [-0.05, 0) is 34.2 Å². The summed E-state index contributed by atoms with van der Waals surface area (Å²) in [5.41, 5.74) is 2.58. The van der Waals surface area contributed by atoms with E-state index in [1.807, 2.05) is 6.20 Å². The van der Waals surface area contributed by atoms with Crippen LogP contribution in [0.15, 0.2) is 6.20 Å². The quantitative estimate of drug-likeness (QED) is 0.799. The highest BCUT2D eigenvalue weighted by Gasteiger charge is 2.13. The average Bonchev–Trinajstić information content (AvgIpc) is 2.47. The summed E-state index contributed by atoms with van der Waals surface area (Å²) >= 11 is 0. The number of aromatic nitrogens is 2. The standard InChI is InChI=1S/C11H21N3/c1-6-12-9(4)11-7-13-14(8(2)3)10(11)5/h7-9,12H,6H2,1-5H3. The van der Waals surface area contributed by atoms with Gasteiger partial charge in [0.15, 0.2) is 0 Å². The molecule has 0 fully saturated rings. The maximum atomic E-state index is 4.40. The molecule has 0 bridgehead atoms. The number of nitrogens with one attached hydrogen (secondary N) is 1. The van der Waals surface area contributed by atoms with Crippen molar-refractivity contribution in [3.05, 3.63) is 17.5 Å². The van der Waals surface area contributed by atoms with Crippen LogP contribution in [0.2, 0.25) is 0 Å². The van der Waals surface area contributed by atoms with E-state index in [1.165, 1.54) is 11.3 Å². The fourth-order valence-corrected chi connectivity index (χ4v) is 1.80. The monoisotopic (exact) mass is 195 g/mol. The molecule has 1 heterocycles. The van der Waals surface area contributed by atoms with Gasteiger partial charge in [0.2, 0.25) is 0 Å². The Kier molecular flexibility index (Phi) is 3.69. The van der Waals surface area contributed by atoms with Gasteiger partial charge in [-0.2, -0.15) is 5.10 Å². The number of hydrogen-bond donors (Lipinski definition) is 1. The van der Waals surface area contributed by atoms with Crippen LogP contribution in [0.3, 0.4) is 0 Å². The summed E-state index contributed by atoms with van der Waals surface area (Å²) < 4.78 is 2.07. The molecule has 0 amide bonds. The first kappa shape index (κ1) is 11.2. The molecule has 0 aliphatic heterocycles. The number of nitrogens with zero attached hydrogens (tertiary/aromatic N) is 2. The van der Waals surface area contributed by atoms with E-state index in [0.717, 1.165) is 6.54 Å². The van der Waals surface area contributed by atoms with Gasteiger partial charge in [-0.1, -0.05) is 6.92 Å². The SMILES string of the molecule is CCNC(C)c1cnn(C(C)C)c1C. The van der Waals surface area contributed by atoms with Gasteiger partial charge in [0.1, 0.15) is 0 Å². The molecule has 0 aromatic carbocycles. The van der Waals surface area contributed by atoms with E-state index < -0.39 is 0 Å². The molecule has 80 valence electrons. The van der Waals surface area contributed by atoms with E-state index >= 15 is 0 Å². The number of rotatable bonds is 4. The molecule has 3 nitrogen and oxygen atoms in total. The van der Waals surface area contributed by atoms with Crippen molar-refractivity contribution >= 4 is 0 Å². The van der Waals surface area contributed by atoms with E-state index in [2.05, 4.69) is 49.7 Å². The van der Waals surface area contributed by atoms with Gasteiger partial charge in [-0.3, -0.25) is 4.68 Å². The second-order valence-corrected chi connectivity index (χ2v) is 4.00. The summed E-state index contributed by atoms with van der Waals surface area (Å²) in [5, 5.41) is 7.80. The lowest BCUT2D eigenvalue weighted by Gasteiger charge is -2.13. The van der Waals surface area contributed by atoms with Crippen molar-refractivity contribution in [2.45, 2.75) is 46.7 Å². The molecule has 0 radical (unpaired) electrons. The van der Waals surface area contributed by atoms with Gasteiger partial charge >= 0.3 is 0 Å². The van der Waals surface area contributed by atoms with E-state index in [-0.39, 0.29) is 0 Å². The van der Waals surface area contributed by atoms with Crippen LogP contribution in [0.4, 0.5) is 0 Å². The van der Waals surface area contributed by atoms with Gasteiger partial charge < -0.3 is 5.32 Å². The molecule has 14 heavy (non-hydrogen) atoms. The van der Waals surface area contributed by atoms with Crippen molar-refractivity contribution in [1.29, 1.82) is 0 Å². The lowest BCUT2D eigenvalue weighted by molar-refractivity contribution is 0.515. The maximum Gasteiger partial charge on any atom is 0.0540 e. The minimum atomic E-state index is 0.396. The smallest absolute Gasteiger partial charge is 0.0540 e. The Morgan fingerprint density at radius 2 is 2.07 bits per heavy atom. The molecule has 0 spiro atoms. The molecule has 1 rings (SSSR count). The van der Waals surface area contributed by atoms with Crippen LogP contribution in [0.1, 0.15) is 51.0 Å². The first-order valence-corrected chi connectivity index (χ1v) is 5.35. The van der Waals surface area contributed by atoms with Crippen molar-refractivity contribution < 1.29 is 0 Å². The van der Waals surface area contributed by atoms with Crippen molar-refractivity contribution in [3.8, 4) is 0 Å². The fourth-order valence-electron chi connectivity index (χ4n) is 1.80. The van der Waals surface area contributed by atoms with Crippen molar-refractivity contribution in [1.82, 2.24) is 15.1 Å². The fraction of sp³-hybridized carbons (Fsp3) is 0.727. The van der Waals surface area contributed by atoms with Crippen LogP contribution in [-0.4, -0.2) is 16.3 Å². The second kappa shape index (κ2) is 4.60. The Balaban J connectivity index is 2.89. The first-order chi connectivity index (χ1) is 6.57. The van der Waals surface area contributed by atoms with Crippen molar-refractivity contribution in [3.63, 3.8) is 0 Å². The lowest BCUT2D eigenvalue weighted by atomic mass is 10.1. The van der Waals surface area contributed by atoms with Crippen LogP contribution in [0.5, 0.6) is 0 Å². The topological polar surface area (TPSA) is 29.9 Å². The third kappa shape index (κ3) is 2.15. The third-order valence-electron chi connectivity index (χ3n) is 2.55. The molecule has 1 unspecified atom stereocenters. The summed E-state index contributed by atoms with van der Waals surface area (Å²) in [6.45, 7) is 11.7.